The van der Waals surface area contributed by atoms with E-state index in [9.17, 15) is 14.0 Å². The number of amides is 2. The smallest absolute Gasteiger partial charge is 0.243 e. The van der Waals surface area contributed by atoms with Gasteiger partial charge in [0.2, 0.25) is 11.8 Å². The number of benzene rings is 2. The lowest BCUT2D eigenvalue weighted by Crippen LogP contribution is -2.50. The number of halogens is 3. The molecule has 0 aromatic heterocycles. The molecule has 2 aromatic carbocycles. The molecule has 38 heavy (non-hydrogen) atoms. The van der Waals surface area contributed by atoms with Crippen LogP contribution in [0.25, 0.3) is 0 Å². The third-order valence-corrected chi connectivity index (χ3v) is 9.31. The van der Waals surface area contributed by atoms with Gasteiger partial charge in [-0.3, -0.25) is 19.8 Å². The minimum absolute atomic E-state index is 0.0988. The van der Waals surface area contributed by atoms with E-state index in [1.54, 1.807) is 6.07 Å². The Morgan fingerprint density at radius 3 is 2.63 bits per heavy atom. The van der Waals surface area contributed by atoms with Gasteiger partial charge >= 0.3 is 0 Å². The molecule has 2 aliphatic rings. The largest absolute Gasteiger partial charge is 0.310 e. The molecule has 2 aromatic rings. The van der Waals surface area contributed by atoms with Crippen molar-refractivity contribution >= 4 is 46.8 Å². The SMILES string of the molecule is CC(NCCCCCCCCSc1cccc2c1CN(C1CCC(=O)NC1=O)C2)c1c(Cl)ccc(F)c1Cl. The predicted octanol–water partition coefficient (Wildman–Crippen LogP) is 7.04. The summed E-state index contributed by atoms with van der Waals surface area (Å²) in [5.41, 5.74) is 3.26. The number of nitrogens with one attached hydrogen (secondary N) is 2. The maximum atomic E-state index is 13.8. The molecule has 0 bridgehead atoms. The van der Waals surface area contributed by atoms with Crippen LogP contribution >= 0.6 is 35.0 Å². The van der Waals surface area contributed by atoms with Crippen molar-refractivity contribution in [2.24, 2.45) is 0 Å². The summed E-state index contributed by atoms with van der Waals surface area (Å²) in [5, 5.41) is 6.48. The van der Waals surface area contributed by atoms with Crippen LogP contribution in [0.3, 0.4) is 0 Å². The van der Waals surface area contributed by atoms with E-state index in [-0.39, 0.29) is 28.9 Å². The van der Waals surface area contributed by atoms with Gasteiger partial charge in [-0.1, -0.05) is 61.0 Å². The average Bonchev–Trinajstić information content (AvgIpc) is 3.32. The Hall–Kier alpha value is -1.64. The van der Waals surface area contributed by atoms with Crippen molar-refractivity contribution in [3.63, 3.8) is 0 Å². The fourth-order valence-corrected chi connectivity index (χ4v) is 7.09. The lowest BCUT2D eigenvalue weighted by molar-refractivity contribution is -0.137. The first kappa shape index (κ1) is 29.3. The molecular weight excluding hydrogens is 544 g/mol. The van der Waals surface area contributed by atoms with Crippen molar-refractivity contribution in [1.29, 1.82) is 0 Å². The summed E-state index contributed by atoms with van der Waals surface area (Å²) >= 11 is 14.2. The first-order valence-electron chi connectivity index (χ1n) is 13.5. The number of unbranched alkanes of at least 4 members (excludes halogenated alkanes) is 5. The minimum Gasteiger partial charge on any atom is -0.310 e. The molecule has 206 valence electrons. The topological polar surface area (TPSA) is 61.4 Å². The molecule has 0 spiro atoms. The number of hydrogen-bond acceptors (Lipinski definition) is 5. The quantitative estimate of drug-likeness (QED) is 0.115. The van der Waals surface area contributed by atoms with E-state index >= 15 is 0 Å². The molecule has 2 N–H and O–H groups in total. The molecule has 2 unspecified atom stereocenters. The zero-order valence-electron chi connectivity index (χ0n) is 21.8. The molecule has 0 radical (unpaired) electrons. The molecular formula is C29H36Cl2FN3O2S. The van der Waals surface area contributed by atoms with Gasteiger partial charge in [-0.2, -0.15) is 0 Å². The second kappa shape index (κ2) is 14.1. The number of hydrogen-bond donors (Lipinski definition) is 2. The van der Waals surface area contributed by atoms with E-state index in [1.165, 1.54) is 47.8 Å². The Kier molecular flexibility index (Phi) is 10.9. The van der Waals surface area contributed by atoms with Crippen LogP contribution in [0.1, 0.15) is 81.0 Å². The van der Waals surface area contributed by atoms with E-state index in [4.69, 9.17) is 23.2 Å². The highest BCUT2D eigenvalue weighted by atomic mass is 35.5. The van der Waals surface area contributed by atoms with E-state index in [0.29, 0.717) is 23.4 Å². The summed E-state index contributed by atoms with van der Waals surface area (Å²) in [7, 11) is 0. The standard InChI is InChI=1S/C29H36Cl2FN3O2S/c1-19(27-22(30)11-12-23(32)28(27)31)33-15-6-4-2-3-5-7-16-38-25-10-8-9-20-17-35(18-21(20)25)24-13-14-26(36)34-29(24)37/h8-12,19,24,33H,2-7,13-18H2,1H3,(H,34,36,37). The average molecular weight is 581 g/mol. The third-order valence-electron chi connectivity index (χ3n) is 7.41. The van der Waals surface area contributed by atoms with Crippen molar-refractivity contribution in [2.75, 3.05) is 12.3 Å². The number of fused-ring (bicyclic) bond motifs is 1. The first-order valence-corrected chi connectivity index (χ1v) is 15.3. The van der Waals surface area contributed by atoms with E-state index < -0.39 is 5.82 Å². The van der Waals surface area contributed by atoms with Gasteiger partial charge in [-0.05, 0) is 67.8 Å². The van der Waals surface area contributed by atoms with Crippen molar-refractivity contribution < 1.29 is 14.0 Å². The first-order chi connectivity index (χ1) is 18.3. The van der Waals surface area contributed by atoms with Crippen molar-refractivity contribution in [2.45, 2.75) is 88.4 Å². The van der Waals surface area contributed by atoms with E-state index in [0.717, 1.165) is 38.2 Å². The molecule has 2 aliphatic heterocycles. The Labute approximate surface area is 239 Å². The van der Waals surface area contributed by atoms with Crippen LogP contribution in [0.15, 0.2) is 35.2 Å². The number of piperidine rings is 1. The van der Waals surface area contributed by atoms with Crippen LogP contribution < -0.4 is 10.6 Å². The summed E-state index contributed by atoms with van der Waals surface area (Å²) in [6, 6.07) is 8.99. The van der Waals surface area contributed by atoms with Gasteiger partial charge in [0.25, 0.3) is 0 Å². The molecule has 5 nitrogen and oxygen atoms in total. The molecule has 0 saturated carbocycles. The molecule has 2 heterocycles. The van der Waals surface area contributed by atoms with E-state index in [2.05, 4.69) is 33.7 Å². The fraction of sp³-hybridized carbons (Fsp3) is 0.517. The van der Waals surface area contributed by atoms with Crippen molar-refractivity contribution in [1.82, 2.24) is 15.5 Å². The van der Waals surface area contributed by atoms with Crippen molar-refractivity contribution in [3.05, 3.63) is 62.9 Å². The maximum absolute atomic E-state index is 13.8. The summed E-state index contributed by atoms with van der Waals surface area (Å²) in [4.78, 5) is 27.3. The van der Waals surface area contributed by atoms with Gasteiger partial charge in [-0.25, -0.2) is 4.39 Å². The summed E-state index contributed by atoms with van der Waals surface area (Å²) in [6.45, 7) is 4.34. The lowest BCUT2D eigenvalue weighted by Gasteiger charge is -2.29. The zero-order valence-corrected chi connectivity index (χ0v) is 24.2. The second-order valence-corrected chi connectivity index (χ2v) is 12.1. The Morgan fingerprint density at radius 2 is 1.84 bits per heavy atom. The molecule has 1 saturated heterocycles. The zero-order chi connectivity index (χ0) is 27.1. The Bertz CT molecular complexity index is 1150. The van der Waals surface area contributed by atoms with Gasteiger partial charge in [0.15, 0.2) is 0 Å². The van der Waals surface area contributed by atoms with Gasteiger partial charge in [0.1, 0.15) is 5.82 Å². The number of thioether (sulfide) groups is 1. The van der Waals surface area contributed by atoms with Gasteiger partial charge in [0.05, 0.1) is 11.1 Å². The summed E-state index contributed by atoms with van der Waals surface area (Å²) in [5.74, 6) is 0.322. The molecule has 9 heteroatoms. The van der Waals surface area contributed by atoms with Gasteiger partial charge in [0, 0.05) is 41.0 Å². The molecule has 2 amide bonds. The number of imide groups is 1. The van der Waals surface area contributed by atoms with Crippen LogP contribution in [0.2, 0.25) is 10.0 Å². The third kappa shape index (κ3) is 7.51. The highest BCUT2D eigenvalue weighted by Crippen LogP contribution is 2.35. The van der Waals surface area contributed by atoms with Gasteiger partial charge in [-0.15, -0.1) is 11.8 Å². The number of carbonyl (C=O) groups excluding carboxylic acids is 2. The van der Waals surface area contributed by atoms with Crippen LogP contribution in [0, 0.1) is 5.82 Å². The van der Waals surface area contributed by atoms with E-state index in [1.807, 2.05) is 18.7 Å². The van der Waals surface area contributed by atoms with Crippen molar-refractivity contribution in [3.8, 4) is 0 Å². The highest BCUT2D eigenvalue weighted by molar-refractivity contribution is 7.99. The Balaban J connectivity index is 1.09. The summed E-state index contributed by atoms with van der Waals surface area (Å²) < 4.78 is 13.8. The normalized spacial score (nSPS) is 18.5. The molecule has 0 aliphatic carbocycles. The molecule has 4 rings (SSSR count). The highest BCUT2D eigenvalue weighted by Gasteiger charge is 2.35. The predicted molar refractivity (Wildman–Crippen MR) is 153 cm³/mol. The molecule has 2 atom stereocenters. The van der Waals surface area contributed by atoms with Gasteiger partial charge < -0.3 is 5.32 Å². The van der Waals surface area contributed by atoms with Crippen LogP contribution in [-0.2, 0) is 22.7 Å². The summed E-state index contributed by atoms with van der Waals surface area (Å²) in [6.07, 6.45) is 8.03. The molecule has 1 fully saturated rings. The monoisotopic (exact) mass is 579 g/mol. The fourth-order valence-electron chi connectivity index (χ4n) is 5.28. The number of carbonyl (C=O) groups is 2. The van der Waals surface area contributed by atoms with Crippen LogP contribution in [0.4, 0.5) is 4.39 Å². The Morgan fingerprint density at radius 1 is 1.08 bits per heavy atom. The number of rotatable bonds is 13. The van der Waals surface area contributed by atoms with Crippen LogP contribution in [-0.4, -0.2) is 35.1 Å². The second-order valence-electron chi connectivity index (χ2n) is 10.2. The maximum Gasteiger partial charge on any atom is 0.243 e. The minimum atomic E-state index is -0.441. The van der Waals surface area contributed by atoms with Crippen LogP contribution in [0.5, 0.6) is 0 Å². The lowest BCUT2D eigenvalue weighted by atomic mass is 10.0. The number of nitrogens with zero attached hydrogens (tertiary/aromatic N) is 1.